The first-order valence-electron chi connectivity index (χ1n) is 6.02. The number of benzene rings is 2. The van der Waals surface area contributed by atoms with Gasteiger partial charge in [-0.3, -0.25) is 14.9 Å². The van der Waals surface area contributed by atoms with Crippen molar-refractivity contribution >= 4 is 16.7 Å². The van der Waals surface area contributed by atoms with Gasteiger partial charge in [-0.25, -0.2) is 4.39 Å². The Morgan fingerprint density at radius 3 is 2.48 bits per heavy atom. The Morgan fingerprint density at radius 2 is 1.81 bits per heavy atom. The number of non-ortho nitro benzene ring substituents is 1. The van der Waals surface area contributed by atoms with Crippen LogP contribution in [0, 0.1) is 15.9 Å². The Balaban J connectivity index is 2.18. The molecule has 5 nitrogen and oxygen atoms in total. The topological polar surface area (TPSA) is 73.3 Å². The molecule has 0 aliphatic rings. The second kappa shape index (κ2) is 4.82. The summed E-state index contributed by atoms with van der Waals surface area (Å²) in [6, 6.07) is 9.19. The second-order valence-electron chi connectivity index (χ2n) is 4.42. The predicted molar refractivity (Wildman–Crippen MR) is 74.5 cm³/mol. The molecule has 21 heavy (non-hydrogen) atoms. The first-order chi connectivity index (χ1) is 10.1. The molecule has 0 atom stereocenters. The molecule has 1 aromatic heterocycles. The summed E-state index contributed by atoms with van der Waals surface area (Å²) in [6.07, 6.45) is 1.27. The summed E-state index contributed by atoms with van der Waals surface area (Å²) < 4.78 is 18.5. The van der Waals surface area contributed by atoms with Crippen LogP contribution in [-0.2, 0) is 0 Å². The fourth-order valence-electron chi connectivity index (χ4n) is 2.07. The number of nitrogens with zero attached hydrogens (tertiary/aromatic N) is 1. The second-order valence-corrected chi connectivity index (χ2v) is 4.42. The number of nitro benzene ring substituents is 1. The van der Waals surface area contributed by atoms with Gasteiger partial charge in [0, 0.05) is 12.1 Å². The van der Waals surface area contributed by atoms with E-state index in [1.165, 1.54) is 42.7 Å². The maximum absolute atomic E-state index is 13.2. The number of hydrogen-bond acceptors (Lipinski definition) is 4. The standard InChI is InChI=1S/C15H8FNO4/c16-10-3-6-14-12(7-10)15(18)13(8-21-14)9-1-4-11(5-2-9)17(19)20/h1-8H. The normalized spacial score (nSPS) is 10.7. The first-order valence-corrected chi connectivity index (χ1v) is 6.02. The first kappa shape index (κ1) is 13.0. The maximum atomic E-state index is 13.2. The van der Waals surface area contributed by atoms with Crippen LogP contribution in [-0.4, -0.2) is 4.92 Å². The highest BCUT2D eigenvalue weighted by Crippen LogP contribution is 2.22. The van der Waals surface area contributed by atoms with E-state index in [0.29, 0.717) is 5.56 Å². The minimum atomic E-state index is -0.532. The molecule has 0 unspecified atom stereocenters. The number of nitro groups is 1. The molecule has 0 radical (unpaired) electrons. The lowest BCUT2D eigenvalue weighted by molar-refractivity contribution is -0.384. The lowest BCUT2D eigenvalue weighted by Gasteiger charge is -2.02. The minimum Gasteiger partial charge on any atom is -0.463 e. The Bertz CT molecular complexity index is 900. The van der Waals surface area contributed by atoms with Crippen LogP contribution < -0.4 is 5.43 Å². The van der Waals surface area contributed by atoms with Crippen molar-refractivity contribution in [2.75, 3.05) is 0 Å². The van der Waals surface area contributed by atoms with E-state index in [9.17, 15) is 19.3 Å². The summed E-state index contributed by atoms with van der Waals surface area (Å²) in [7, 11) is 0. The molecule has 2 aromatic carbocycles. The van der Waals surface area contributed by atoms with Crippen LogP contribution in [0.1, 0.15) is 0 Å². The molecule has 1 heterocycles. The molecule has 6 heteroatoms. The van der Waals surface area contributed by atoms with Gasteiger partial charge in [-0.2, -0.15) is 0 Å². The zero-order valence-electron chi connectivity index (χ0n) is 10.6. The quantitative estimate of drug-likeness (QED) is 0.533. The van der Waals surface area contributed by atoms with E-state index in [0.717, 1.165) is 6.07 Å². The molecular weight excluding hydrogens is 277 g/mol. The maximum Gasteiger partial charge on any atom is 0.269 e. The van der Waals surface area contributed by atoms with Crippen LogP contribution in [0.25, 0.3) is 22.1 Å². The zero-order chi connectivity index (χ0) is 15.0. The van der Waals surface area contributed by atoms with Crippen LogP contribution in [0.5, 0.6) is 0 Å². The molecule has 0 aliphatic heterocycles. The molecule has 0 aliphatic carbocycles. The van der Waals surface area contributed by atoms with Crippen molar-refractivity contribution in [1.29, 1.82) is 0 Å². The smallest absolute Gasteiger partial charge is 0.269 e. The molecule has 104 valence electrons. The van der Waals surface area contributed by atoms with Gasteiger partial charge in [0.2, 0.25) is 5.43 Å². The molecule has 0 bridgehead atoms. The lowest BCUT2D eigenvalue weighted by atomic mass is 10.1. The van der Waals surface area contributed by atoms with E-state index in [1.54, 1.807) is 0 Å². The van der Waals surface area contributed by atoms with Gasteiger partial charge < -0.3 is 4.42 Å². The fourth-order valence-corrected chi connectivity index (χ4v) is 2.07. The van der Waals surface area contributed by atoms with Crippen molar-refractivity contribution < 1.29 is 13.7 Å². The largest absolute Gasteiger partial charge is 0.463 e. The van der Waals surface area contributed by atoms with Crippen molar-refractivity contribution in [3.8, 4) is 11.1 Å². The Morgan fingerprint density at radius 1 is 1.10 bits per heavy atom. The van der Waals surface area contributed by atoms with Crippen LogP contribution in [0.4, 0.5) is 10.1 Å². The summed E-state index contributed by atoms with van der Waals surface area (Å²) >= 11 is 0. The van der Waals surface area contributed by atoms with Gasteiger partial charge in [0.1, 0.15) is 17.7 Å². The Kier molecular flexibility index (Phi) is 2.98. The molecular formula is C15H8FNO4. The van der Waals surface area contributed by atoms with Crippen molar-refractivity contribution in [2.45, 2.75) is 0 Å². The van der Waals surface area contributed by atoms with E-state index in [2.05, 4.69) is 0 Å². The van der Waals surface area contributed by atoms with Gasteiger partial charge in [-0.1, -0.05) is 0 Å². The molecule has 0 fully saturated rings. The highest BCUT2D eigenvalue weighted by atomic mass is 19.1. The van der Waals surface area contributed by atoms with Gasteiger partial charge in [0.25, 0.3) is 5.69 Å². The van der Waals surface area contributed by atoms with E-state index >= 15 is 0 Å². The predicted octanol–water partition coefficient (Wildman–Crippen LogP) is 3.51. The van der Waals surface area contributed by atoms with Gasteiger partial charge in [0.05, 0.1) is 15.9 Å². The van der Waals surface area contributed by atoms with Crippen LogP contribution in [0.15, 0.2) is 57.9 Å². The third kappa shape index (κ3) is 2.27. The monoisotopic (exact) mass is 285 g/mol. The molecule has 0 amide bonds. The van der Waals surface area contributed by atoms with E-state index in [-0.39, 0.29) is 27.6 Å². The molecule has 3 rings (SSSR count). The summed E-state index contributed by atoms with van der Waals surface area (Å²) in [5.74, 6) is -0.532. The third-order valence-electron chi connectivity index (χ3n) is 3.12. The zero-order valence-corrected chi connectivity index (χ0v) is 10.6. The lowest BCUT2D eigenvalue weighted by Crippen LogP contribution is -2.05. The van der Waals surface area contributed by atoms with Crippen molar-refractivity contribution in [1.82, 2.24) is 0 Å². The summed E-state index contributed by atoms with van der Waals surface area (Å²) in [4.78, 5) is 22.4. The number of hydrogen-bond donors (Lipinski definition) is 0. The highest BCUT2D eigenvalue weighted by Gasteiger charge is 2.11. The van der Waals surface area contributed by atoms with Gasteiger partial charge in [0.15, 0.2) is 0 Å². The summed E-state index contributed by atoms with van der Waals surface area (Å²) in [5, 5.41) is 10.7. The van der Waals surface area contributed by atoms with Crippen LogP contribution in [0.2, 0.25) is 0 Å². The molecule has 0 N–H and O–H groups in total. The number of rotatable bonds is 2. The van der Waals surface area contributed by atoms with Crippen molar-refractivity contribution in [3.05, 3.63) is 74.9 Å². The summed E-state index contributed by atoms with van der Waals surface area (Å²) in [5.41, 5.74) is 0.523. The van der Waals surface area contributed by atoms with E-state index in [1.807, 2.05) is 0 Å². The number of fused-ring (bicyclic) bond motifs is 1. The average Bonchev–Trinajstić information content (AvgIpc) is 2.48. The minimum absolute atomic E-state index is 0.0741. The fraction of sp³-hybridized carbons (Fsp3) is 0. The average molecular weight is 285 g/mol. The summed E-state index contributed by atoms with van der Waals surface area (Å²) in [6.45, 7) is 0. The van der Waals surface area contributed by atoms with Crippen LogP contribution in [0.3, 0.4) is 0 Å². The Hall–Kier alpha value is -3.02. The highest BCUT2D eigenvalue weighted by molar-refractivity contribution is 5.81. The molecule has 3 aromatic rings. The van der Waals surface area contributed by atoms with Crippen LogP contribution >= 0.6 is 0 Å². The van der Waals surface area contributed by atoms with E-state index < -0.39 is 10.7 Å². The molecule has 0 saturated heterocycles. The van der Waals surface area contributed by atoms with Crippen molar-refractivity contribution in [2.24, 2.45) is 0 Å². The number of halogens is 1. The van der Waals surface area contributed by atoms with Gasteiger partial charge in [-0.15, -0.1) is 0 Å². The molecule has 0 saturated carbocycles. The van der Waals surface area contributed by atoms with E-state index in [4.69, 9.17) is 4.42 Å². The third-order valence-corrected chi connectivity index (χ3v) is 3.12. The Labute approximate surface area is 117 Å². The SMILES string of the molecule is O=c1c(-c2ccc([N+](=O)[O-])cc2)coc2ccc(F)cc12. The molecule has 0 spiro atoms. The van der Waals surface area contributed by atoms with Crippen molar-refractivity contribution in [3.63, 3.8) is 0 Å². The van der Waals surface area contributed by atoms with Gasteiger partial charge >= 0.3 is 0 Å². The van der Waals surface area contributed by atoms with Gasteiger partial charge in [-0.05, 0) is 35.9 Å².